The molecule has 0 amide bonds. The van der Waals surface area contributed by atoms with Crippen LogP contribution >= 0.6 is 0 Å². The monoisotopic (exact) mass is 469 g/mol. The van der Waals surface area contributed by atoms with Gasteiger partial charge in [0.05, 0.1) is 19.3 Å². The number of ether oxygens (including phenoxy) is 1. The molecule has 31 heavy (non-hydrogen) atoms. The van der Waals surface area contributed by atoms with Gasteiger partial charge in [0.25, 0.3) is 0 Å². The van der Waals surface area contributed by atoms with E-state index in [-0.39, 0.29) is 12.6 Å². The van der Waals surface area contributed by atoms with Crippen LogP contribution in [0.3, 0.4) is 0 Å². The lowest BCUT2D eigenvalue weighted by atomic mass is 10.4. The van der Waals surface area contributed by atoms with Gasteiger partial charge in [-0.05, 0) is 63.5 Å². The zero-order valence-corrected chi connectivity index (χ0v) is 21.8. The lowest BCUT2D eigenvalue weighted by Crippen LogP contribution is -2.55. The number of hydrogen-bond acceptors (Lipinski definition) is 5. The van der Waals surface area contributed by atoms with Crippen LogP contribution in [0, 0.1) is 5.92 Å². The molecule has 1 unspecified atom stereocenters. The summed E-state index contributed by atoms with van der Waals surface area (Å²) in [5, 5.41) is 0. The second-order valence-electron chi connectivity index (χ2n) is 10.4. The van der Waals surface area contributed by atoms with E-state index in [4.69, 9.17) is 8.85 Å². The van der Waals surface area contributed by atoms with Gasteiger partial charge in [-0.15, -0.1) is 0 Å². The SMILES string of the molecule is CCCC[Si](C)(C)O[Si](C)(C)CCCn1c(=O)n(CC2CC2)c(=O)n(CC2CO2)c1=O. The number of aromatic nitrogens is 3. The standard InChI is InChI=1S/C21H39N3O5Si2/c1-6-7-12-30(2,3)29-31(4,5)13-8-11-22-19(25)23(14-17-9-10-17)21(27)24(20(22)26)15-18-16-28-18/h17-18H,6-16H2,1-5H3. The maximum Gasteiger partial charge on any atom is 0.336 e. The molecule has 1 aromatic heterocycles. The summed E-state index contributed by atoms with van der Waals surface area (Å²) in [6.07, 6.45) is 5.05. The molecule has 1 aliphatic carbocycles. The topological polar surface area (TPSA) is 87.8 Å². The van der Waals surface area contributed by atoms with Gasteiger partial charge in [-0.2, -0.15) is 0 Å². The van der Waals surface area contributed by atoms with Gasteiger partial charge in [0, 0.05) is 13.1 Å². The highest BCUT2D eigenvalue weighted by atomic mass is 28.4. The summed E-state index contributed by atoms with van der Waals surface area (Å²) < 4.78 is 15.6. The number of rotatable bonds is 13. The summed E-state index contributed by atoms with van der Waals surface area (Å²) in [6.45, 7) is 12.7. The van der Waals surface area contributed by atoms with Crippen molar-refractivity contribution in [3.8, 4) is 0 Å². The van der Waals surface area contributed by atoms with Gasteiger partial charge in [-0.1, -0.05) is 19.8 Å². The highest BCUT2D eigenvalue weighted by Gasteiger charge is 2.33. The minimum absolute atomic E-state index is 0.0965. The van der Waals surface area contributed by atoms with E-state index in [9.17, 15) is 14.4 Å². The Morgan fingerprint density at radius 2 is 1.39 bits per heavy atom. The van der Waals surface area contributed by atoms with Crippen molar-refractivity contribution in [2.45, 2.75) is 103 Å². The summed E-state index contributed by atoms with van der Waals surface area (Å²) in [4.78, 5) is 38.8. The predicted molar refractivity (Wildman–Crippen MR) is 127 cm³/mol. The molecular formula is C21H39N3O5Si2. The predicted octanol–water partition coefficient (Wildman–Crippen LogP) is 2.60. The van der Waals surface area contributed by atoms with Gasteiger partial charge in [0.2, 0.25) is 0 Å². The van der Waals surface area contributed by atoms with Crippen molar-refractivity contribution in [1.29, 1.82) is 0 Å². The fourth-order valence-corrected chi connectivity index (χ4v) is 13.3. The summed E-state index contributed by atoms with van der Waals surface area (Å²) in [6, 6.07) is 2.05. The van der Waals surface area contributed by atoms with Crippen molar-refractivity contribution in [3.05, 3.63) is 31.5 Å². The third kappa shape index (κ3) is 6.87. The molecule has 0 radical (unpaired) electrons. The number of nitrogens with zero attached hydrogens (tertiary/aromatic N) is 3. The van der Waals surface area contributed by atoms with Crippen molar-refractivity contribution in [2.24, 2.45) is 5.92 Å². The van der Waals surface area contributed by atoms with Gasteiger partial charge < -0.3 is 8.85 Å². The fourth-order valence-electron chi connectivity index (χ4n) is 4.24. The van der Waals surface area contributed by atoms with Crippen LogP contribution in [0.1, 0.15) is 39.0 Å². The maximum absolute atomic E-state index is 13.0. The lowest BCUT2D eigenvalue weighted by molar-refractivity contribution is 0.355. The normalized spacial score (nSPS) is 19.1. The van der Waals surface area contributed by atoms with Gasteiger partial charge in [-0.25, -0.2) is 28.1 Å². The first-order chi connectivity index (χ1) is 14.5. The van der Waals surface area contributed by atoms with E-state index in [2.05, 4.69) is 33.1 Å². The quantitative estimate of drug-likeness (QED) is 0.327. The third-order valence-electron chi connectivity index (χ3n) is 6.16. The molecule has 2 heterocycles. The average Bonchev–Trinajstić information content (AvgIpc) is 3.58. The summed E-state index contributed by atoms with van der Waals surface area (Å²) in [5.41, 5.74) is -1.46. The Labute approximate surface area is 186 Å². The van der Waals surface area contributed by atoms with E-state index in [0.717, 1.165) is 18.9 Å². The van der Waals surface area contributed by atoms with E-state index >= 15 is 0 Å². The van der Waals surface area contributed by atoms with Crippen LogP contribution < -0.4 is 17.1 Å². The summed E-state index contributed by atoms with van der Waals surface area (Å²) in [7, 11) is -3.59. The van der Waals surface area contributed by atoms with E-state index < -0.39 is 33.7 Å². The smallest absolute Gasteiger partial charge is 0.336 e. The molecule has 1 atom stereocenters. The zero-order chi connectivity index (χ0) is 22.8. The fraction of sp³-hybridized carbons (Fsp3) is 0.857. The highest BCUT2D eigenvalue weighted by Crippen LogP contribution is 2.29. The summed E-state index contributed by atoms with van der Waals surface area (Å²) >= 11 is 0. The Bertz CT molecular complexity index is 890. The van der Waals surface area contributed by atoms with Crippen molar-refractivity contribution in [2.75, 3.05) is 6.61 Å². The van der Waals surface area contributed by atoms with Crippen LogP contribution in [0.15, 0.2) is 14.4 Å². The molecule has 1 aliphatic heterocycles. The molecule has 1 saturated carbocycles. The van der Waals surface area contributed by atoms with Gasteiger partial charge in [0.1, 0.15) is 0 Å². The molecule has 0 spiro atoms. The second-order valence-corrected chi connectivity index (χ2v) is 19.3. The lowest BCUT2D eigenvalue weighted by Gasteiger charge is -2.34. The first kappa shape index (κ1) is 24.4. The first-order valence-corrected chi connectivity index (χ1v) is 18.0. The van der Waals surface area contributed by atoms with Gasteiger partial charge in [0.15, 0.2) is 16.6 Å². The van der Waals surface area contributed by atoms with E-state index in [1.165, 1.54) is 32.6 Å². The van der Waals surface area contributed by atoms with E-state index in [0.29, 0.717) is 32.0 Å². The minimum Gasteiger partial charge on any atom is -0.455 e. The Hall–Kier alpha value is -1.24. The number of epoxide rings is 1. The molecule has 1 aromatic rings. The first-order valence-electron chi connectivity index (χ1n) is 11.8. The van der Waals surface area contributed by atoms with Crippen LogP contribution in [0.4, 0.5) is 0 Å². The number of hydrogen-bond donors (Lipinski definition) is 0. The molecule has 8 nitrogen and oxygen atoms in total. The van der Waals surface area contributed by atoms with Crippen molar-refractivity contribution >= 4 is 16.6 Å². The molecule has 10 heteroatoms. The van der Waals surface area contributed by atoms with Crippen LogP contribution in [0.2, 0.25) is 38.3 Å². The average molecular weight is 470 g/mol. The largest absolute Gasteiger partial charge is 0.455 e. The van der Waals surface area contributed by atoms with Crippen LogP contribution in [-0.4, -0.2) is 43.0 Å². The Morgan fingerprint density at radius 3 is 1.90 bits per heavy atom. The molecule has 0 N–H and O–H groups in total. The molecule has 0 bridgehead atoms. The zero-order valence-electron chi connectivity index (χ0n) is 19.8. The molecular weight excluding hydrogens is 430 g/mol. The maximum atomic E-state index is 13.0. The second kappa shape index (κ2) is 9.72. The Morgan fingerprint density at radius 1 is 0.871 bits per heavy atom. The molecule has 2 aliphatic rings. The molecule has 2 fully saturated rings. The third-order valence-corrected chi connectivity index (χ3v) is 13.7. The molecule has 176 valence electrons. The Balaban J connectivity index is 1.73. The molecule has 3 rings (SSSR count). The van der Waals surface area contributed by atoms with Crippen molar-refractivity contribution in [1.82, 2.24) is 13.7 Å². The Kier molecular flexibility index (Phi) is 7.65. The number of unbranched alkanes of at least 4 members (excludes halogenated alkanes) is 1. The van der Waals surface area contributed by atoms with Gasteiger partial charge in [-0.3, -0.25) is 0 Å². The molecule has 1 saturated heterocycles. The minimum atomic E-state index is -1.90. The van der Waals surface area contributed by atoms with Gasteiger partial charge >= 0.3 is 17.1 Å². The highest BCUT2D eigenvalue weighted by molar-refractivity contribution is 6.84. The van der Waals surface area contributed by atoms with Crippen molar-refractivity contribution < 1.29 is 8.85 Å². The van der Waals surface area contributed by atoms with Crippen LogP contribution in [0.25, 0.3) is 0 Å². The van der Waals surface area contributed by atoms with Crippen LogP contribution in [-0.2, 0) is 28.5 Å². The van der Waals surface area contributed by atoms with Crippen LogP contribution in [0.5, 0.6) is 0 Å². The molecule has 0 aromatic carbocycles. The van der Waals surface area contributed by atoms with E-state index in [1.807, 2.05) is 0 Å². The van der Waals surface area contributed by atoms with Crippen molar-refractivity contribution in [3.63, 3.8) is 0 Å². The van der Waals surface area contributed by atoms with E-state index in [1.54, 1.807) is 0 Å². The summed E-state index contributed by atoms with van der Waals surface area (Å²) in [5.74, 6) is 0.372.